The molecule has 4 heterocycles. The Labute approximate surface area is 264 Å². The maximum Gasteiger partial charge on any atom is 0.414 e. The Morgan fingerprint density at radius 3 is 2.52 bits per heavy atom. The molecule has 2 aromatic rings. The molecule has 1 aromatic heterocycles. The maximum atomic E-state index is 15.3. The van der Waals surface area contributed by atoms with E-state index in [4.69, 9.17) is 4.74 Å². The summed E-state index contributed by atoms with van der Waals surface area (Å²) in [7, 11) is 1.20. The van der Waals surface area contributed by atoms with Crippen LogP contribution in [-0.2, 0) is 14.3 Å². The number of aromatic nitrogens is 2. The van der Waals surface area contributed by atoms with Crippen LogP contribution in [0.25, 0.3) is 6.20 Å². The normalized spacial score (nSPS) is 20.4. The van der Waals surface area contributed by atoms with Gasteiger partial charge in [-0.25, -0.2) is 23.4 Å². The number of nitrogens with zero attached hydrogens (tertiary/aromatic N) is 5. The van der Waals surface area contributed by atoms with Gasteiger partial charge in [-0.05, 0) is 18.9 Å². The van der Waals surface area contributed by atoms with E-state index in [-0.39, 0.29) is 74.2 Å². The SMILES string of the molecule is CCC(C)[C@H](NC(=O)c1cn2c(n1)NC(C)C=C2)C(=O)N1CCN(c2c(F)cc(N3CC(CNC(=O)OC)OC3=O)cc2F)CC1. The van der Waals surface area contributed by atoms with E-state index in [1.54, 1.807) is 15.7 Å². The van der Waals surface area contributed by atoms with Crippen LogP contribution < -0.4 is 25.8 Å². The number of carbonyl (C=O) groups excluding carboxylic acids is 4. The number of carbonyl (C=O) groups is 4. The molecule has 1 aromatic carbocycles. The summed E-state index contributed by atoms with van der Waals surface area (Å²) < 4.78 is 42.1. The van der Waals surface area contributed by atoms with Gasteiger partial charge in [-0.3, -0.25) is 19.1 Å². The fraction of sp³-hybridized carbons (Fsp3) is 0.500. The number of alkyl carbamates (subject to hydrolysis) is 1. The molecule has 2 fully saturated rings. The summed E-state index contributed by atoms with van der Waals surface area (Å²) in [5.74, 6) is -2.14. The zero-order valence-corrected chi connectivity index (χ0v) is 26.1. The molecule has 0 spiro atoms. The molecular weight excluding hydrogens is 606 g/mol. The minimum absolute atomic E-state index is 0.0219. The van der Waals surface area contributed by atoms with Crippen LogP contribution in [0, 0.1) is 17.6 Å². The van der Waals surface area contributed by atoms with Gasteiger partial charge in [0.2, 0.25) is 11.9 Å². The van der Waals surface area contributed by atoms with Crippen molar-refractivity contribution < 1.29 is 37.4 Å². The quantitative estimate of drug-likeness (QED) is 0.374. The first-order valence-corrected chi connectivity index (χ1v) is 15.2. The number of imidazole rings is 1. The topological polar surface area (TPSA) is 150 Å². The molecule has 0 aliphatic carbocycles. The number of hydrogen-bond donors (Lipinski definition) is 3. The van der Waals surface area contributed by atoms with Crippen LogP contribution in [-0.4, -0.2) is 103 Å². The van der Waals surface area contributed by atoms with Gasteiger partial charge in [-0.2, -0.15) is 0 Å². The minimum atomic E-state index is -0.870. The average Bonchev–Trinajstić information content (AvgIpc) is 3.64. The summed E-state index contributed by atoms with van der Waals surface area (Å²) in [6, 6.07) is 1.37. The van der Waals surface area contributed by atoms with Crippen molar-refractivity contribution >= 4 is 47.5 Å². The Morgan fingerprint density at radius 1 is 1.17 bits per heavy atom. The summed E-state index contributed by atoms with van der Waals surface area (Å²) in [5, 5.41) is 8.44. The number of halogens is 2. The highest BCUT2D eigenvalue weighted by molar-refractivity contribution is 5.96. The molecule has 14 nitrogen and oxygen atoms in total. The van der Waals surface area contributed by atoms with E-state index in [1.165, 1.54) is 12.0 Å². The van der Waals surface area contributed by atoms with Gasteiger partial charge in [0.05, 0.1) is 25.9 Å². The van der Waals surface area contributed by atoms with Crippen LogP contribution in [0.15, 0.2) is 24.4 Å². The second-order valence-electron chi connectivity index (χ2n) is 11.5. The van der Waals surface area contributed by atoms with Gasteiger partial charge in [0.25, 0.3) is 5.91 Å². The Kier molecular flexibility index (Phi) is 9.63. The number of piperazine rings is 1. The van der Waals surface area contributed by atoms with Crippen LogP contribution in [0.2, 0.25) is 0 Å². The molecule has 3 unspecified atom stereocenters. The third-order valence-corrected chi connectivity index (χ3v) is 8.38. The zero-order chi connectivity index (χ0) is 33.1. The van der Waals surface area contributed by atoms with Gasteiger partial charge in [0, 0.05) is 56.8 Å². The highest BCUT2D eigenvalue weighted by Gasteiger charge is 2.36. The maximum absolute atomic E-state index is 15.3. The van der Waals surface area contributed by atoms with Crippen molar-refractivity contribution in [3.8, 4) is 0 Å². The molecule has 3 aliphatic heterocycles. The van der Waals surface area contributed by atoms with Crippen LogP contribution in [0.5, 0.6) is 0 Å². The lowest BCUT2D eigenvalue weighted by Gasteiger charge is -2.38. The molecule has 46 heavy (non-hydrogen) atoms. The van der Waals surface area contributed by atoms with Crippen molar-refractivity contribution in [3.63, 3.8) is 0 Å². The van der Waals surface area contributed by atoms with E-state index in [0.717, 1.165) is 17.0 Å². The van der Waals surface area contributed by atoms with Gasteiger partial charge in [-0.15, -0.1) is 0 Å². The van der Waals surface area contributed by atoms with Crippen molar-refractivity contribution in [2.75, 3.05) is 61.5 Å². The molecule has 3 aliphatic rings. The summed E-state index contributed by atoms with van der Waals surface area (Å²) >= 11 is 0. The number of hydrogen-bond acceptors (Lipinski definition) is 9. The van der Waals surface area contributed by atoms with Crippen LogP contribution >= 0.6 is 0 Å². The van der Waals surface area contributed by atoms with Crippen molar-refractivity contribution in [3.05, 3.63) is 41.7 Å². The summed E-state index contributed by atoms with van der Waals surface area (Å²) in [6.45, 7) is 6.38. The standard InChI is InChI=1S/C30H38F2N8O6/c1-5-17(2)24(36-26(41)23-16-39-7-6-18(3)34-28(39)35-23)27(42)38-10-8-37(9-11-38)25-21(31)12-19(13-22(25)32)40-15-20(46-30(40)44)14-33-29(43)45-4/h6-7,12-13,16-18,20,24H,5,8-11,14-15H2,1-4H3,(H,33,43)(H,34,35)(H,36,41)/t17?,18?,20?,24-/m0/s1. The van der Waals surface area contributed by atoms with Gasteiger partial charge in [0.15, 0.2) is 11.6 Å². The molecule has 3 N–H and O–H groups in total. The lowest BCUT2D eigenvalue weighted by molar-refractivity contribution is -0.134. The van der Waals surface area contributed by atoms with Gasteiger partial charge < -0.3 is 35.2 Å². The van der Waals surface area contributed by atoms with E-state index in [1.807, 2.05) is 33.0 Å². The smallest absolute Gasteiger partial charge is 0.414 e. The Bertz CT molecular complexity index is 1500. The second-order valence-corrected chi connectivity index (χ2v) is 11.5. The molecule has 0 radical (unpaired) electrons. The number of cyclic esters (lactones) is 1. The Balaban J connectivity index is 1.21. The van der Waals surface area contributed by atoms with Crippen LogP contribution in [0.4, 0.5) is 35.7 Å². The average molecular weight is 645 g/mol. The molecule has 0 saturated carbocycles. The summed E-state index contributed by atoms with van der Waals surface area (Å²) in [5.41, 5.74) is -0.109. The molecule has 4 atom stereocenters. The van der Waals surface area contributed by atoms with E-state index in [0.29, 0.717) is 12.4 Å². The number of ether oxygens (including phenoxy) is 2. The number of benzene rings is 1. The number of amides is 4. The van der Waals surface area contributed by atoms with Crippen LogP contribution in [0.1, 0.15) is 37.7 Å². The Morgan fingerprint density at radius 2 is 1.87 bits per heavy atom. The number of nitrogens with one attached hydrogen (secondary N) is 3. The fourth-order valence-corrected chi connectivity index (χ4v) is 5.56. The summed E-state index contributed by atoms with van der Waals surface area (Å²) in [6.07, 6.45) is 3.76. The minimum Gasteiger partial charge on any atom is -0.453 e. The van der Waals surface area contributed by atoms with E-state index < -0.39 is 41.9 Å². The largest absolute Gasteiger partial charge is 0.453 e. The highest BCUT2D eigenvalue weighted by atomic mass is 19.1. The zero-order valence-electron chi connectivity index (χ0n) is 26.1. The first kappa shape index (κ1) is 32.5. The van der Waals surface area contributed by atoms with E-state index >= 15 is 8.78 Å². The monoisotopic (exact) mass is 644 g/mol. The molecule has 4 amide bonds. The van der Waals surface area contributed by atoms with Gasteiger partial charge >= 0.3 is 12.2 Å². The predicted molar refractivity (Wildman–Crippen MR) is 165 cm³/mol. The van der Waals surface area contributed by atoms with E-state index in [2.05, 4.69) is 25.7 Å². The second kappa shape index (κ2) is 13.6. The first-order valence-electron chi connectivity index (χ1n) is 15.2. The predicted octanol–water partition coefficient (Wildman–Crippen LogP) is 2.62. The fourth-order valence-electron chi connectivity index (χ4n) is 5.56. The van der Waals surface area contributed by atoms with Crippen molar-refractivity contribution in [2.45, 2.75) is 45.4 Å². The van der Waals surface area contributed by atoms with E-state index in [9.17, 15) is 19.2 Å². The van der Waals surface area contributed by atoms with Gasteiger partial charge in [0.1, 0.15) is 23.5 Å². The highest BCUT2D eigenvalue weighted by Crippen LogP contribution is 2.32. The molecule has 5 rings (SSSR count). The lowest BCUT2D eigenvalue weighted by Crippen LogP contribution is -2.57. The molecule has 248 valence electrons. The van der Waals surface area contributed by atoms with Crippen molar-refractivity contribution in [1.82, 2.24) is 25.1 Å². The molecular formula is C30H38F2N8O6. The van der Waals surface area contributed by atoms with Gasteiger partial charge in [-0.1, -0.05) is 20.3 Å². The number of methoxy groups -OCH3 is 1. The van der Waals surface area contributed by atoms with Crippen LogP contribution in [0.3, 0.4) is 0 Å². The molecule has 2 saturated heterocycles. The summed E-state index contributed by atoms with van der Waals surface area (Å²) in [4.78, 5) is 59.0. The van der Waals surface area contributed by atoms with Crippen molar-refractivity contribution in [1.29, 1.82) is 0 Å². The number of fused-ring (bicyclic) bond motifs is 1. The molecule has 16 heteroatoms. The first-order chi connectivity index (χ1) is 22.0. The third-order valence-electron chi connectivity index (χ3n) is 8.38. The van der Waals surface area contributed by atoms with Crippen molar-refractivity contribution in [2.24, 2.45) is 5.92 Å². The molecule has 0 bridgehead atoms. The third kappa shape index (κ3) is 6.84. The lowest BCUT2D eigenvalue weighted by atomic mass is 9.97. The number of rotatable bonds is 9. The number of anilines is 3. The Hall–Kier alpha value is -4.89.